The van der Waals surface area contributed by atoms with E-state index in [2.05, 4.69) is 48.8 Å². The topological polar surface area (TPSA) is 98.0 Å². The van der Waals surface area contributed by atoms with Crippen molar-refractivity contribution in [1.82, 2.24) is 24.2 Å². The largest absolute Gasteiger partial charge is 0.444 e. The molecule has 1 unspecified atom stereocenters. The Labute approximate surface area is 288 Å². The van der Waals surface area contributed by atoms with Crippen LogP contribution in [0.5, 0.6) is 0 Å². The number of nitrogens with zero attached hydrogens (tertiary/aromatic N) is 7. The number of amides is 1. The van der Waals surface area contributed by atoms with Crippen LogP contribution >= 0.6 is 0 Å². The number of rotatable bonds is 5. The Morgan fingerprint density at radius 1 is 1.00 bits per heavy atom. The maximum atomic E-state index is 14.3. The number of para-hydroxylation sites is 1. The lowest BCUT2D eigenvalue weighted by Gasteiger charge is -2.39. The number of piperazine rings is 1. The van der Waals surface area contributed by atoms with Gasteiger partial charge in [0.25, 0.3) is 0 Å². The van der Waals surface area contributed by atoms with Gasteiger partial charge in [-0.1, -0.05) is 38.1 Å². The monoisotopic (exact) mass is 667 g/mol. The zero-order chi connectivity index (χ0) is 34.4. The molecule has 11 nitrogen and oxygen atoms in total. The Hall–Kier alpha value is -4.38. The van der Waals surface area contributed by atoms with Gasteiger partial charge in [0.2, 0.25) is 0 Å². The van der Waals surface area contributed by atoms with E-state index in [4.69, 9.17) is 19.6 Å². The average molecular weight is 668 g/mol. The number of aromatic nitrogens is 4. The molecule has 49 heavy (non-hydrogen) atoms. The van der Waals surface area contributed by atoms with E-state index < -0.39 is 5.60 Å². The minimum absolute atomic E-state index is 0.0500. The third kappa shape index (κ3) is 6.40. The molecule has 0 aliphatic carbocycles. The second kappa shape index (κ2) is 13.2. The van der Waals surface area contributed by atoms with Crippen LogP contribution in [0.1, 0.15) is 88.4 Å². The number of hydrogen-bond acceptors (Lipinski definition) is 8. The molecular weight excluding hydrogens is 618 g/mol. The third-order valence-corrected chi connectivity index (χ3v) is 9.98. The van der Waals surface area contributed by atoms with Crippen LogP contribution < -0.4 is 15.5 Å². The summed E-state index contributed by atoms with van der Waals surface area (Å²) in [6, 6.07) is 12.5. The second-order valence-corrected chi connectivity index (χ2v) is 14.9. The molecule has 0 bridgehead atoms. The highest BCUT2D eigenvalue weighted by Gasteiger charge is 2.33. The van der Waals surface area contributed by atoms with Crippen LogP contribution in [-0.2, 0) is 22.4 Å². The van der Waals surface area contributed by atoms with Gasteiger partial charge in [0.05, 0.1) is 35.3 Å². The Balaban J connectivity index is 1.28. The Kier molecular flexibility index (Phi) is 8.89. The van der Waals surface area contributed by atoms with Gasteiger partial charge in [-0.2, -0.15) is 10.1 Å². The van der Waals surface area contributed by atoms with E-state index in [9.17, 15) is 9.59 Å². The molecular formula is C38H49N7O4. The Bertz CT molecular complexity index is 1910. The van der Waals surface area contributed by atoms with Gasteiger partial charge in [-0.05, 0) is 82.6 Å². The molecule has 0 spiro atoms. The van der Waals surface area contributed by atoms with E-state index in [1.807, 2.05) is 54.4 Å². The maximum Gasteiger partial charge on any atom is 0.410 e. The van der Waals surface area contributed by atoms with E-state index in [-0.39, 0.29) is 23.9 Å². The summed E-state index contributed by atoms with van der Waals surface area (Å²) in [5.74, 6) is 0.960. The first-order valence-electron chi connectivity index (χ1n) is 17.8. The molecule has 1 amide bonds. The Morgan fingerprint density at radius 2 is 1.78 bits per heavy atom. The van der Waals surface area contributed by atoms with E-state index in [1.165, 1.54) is 5.56 Å². The predicted molar refractivity (Wildman–Crippen MR) is 192 cm³/mol. The van der Waals surface area contributed by atoms with E-state index >= 15 is 0 Å². The standard InChI is InChI=1S/C38H49N7O4/c1-25(2)27-11-7-8-12-30(27)44-32-24-43(34-26(3)14-15-31-29(34)23-39-45(31)33-13-9-10-22-48-33)17-16-28(32)35(40-36(44)46)41-18-20-42(21-19-41)37(47)49-38(4,5)6/h7-8,11-12,14-15,23,25,33H,9-10,13,16-22,24H2,1-6H3. The molecule has 0 saturated carbocycles. The summed E-state index contributed by atoms with van der Waals surface area (Å²) in [5, 5.41) is 5.94. The molecule has 3 aliphatic heterocycles. The van der Waals surface area contributed by atoms with Crippen LogP contribution in [0, 0.1) is 6.92 Å². The highest BCUT2D eigenvalue weighted by molar-refractivity contribution is 5.94. The molecule has 0 radical (unpaired) electrons. The first kappa shape index (κ1) is 33.1. The van der Waals surface area contributed by atoms with Crippen LogP contribution in [-0.4, -0.2) is 75.3 Å². The first-order valence-corrected chi connectivity index (χ1v) is 17.8. The average Bonchev–Trinajstić information content (AvgIpc) is 3.51. The molecule has 4 aromatic rings. The lowest BCUT2D eigenvalue weighted by atomic mass is 9.98. The third-order valence-electron chi connectivity index (χ3n) is 9.98. The van der Waals surface area contributed by atoms with Gasteiger partial charge in [0.1, 0.15) is 11.4 Å². The van der Waals surface area contributed by atoms with Crippen molar-refractivity contribution >= 4 is 28.5 Å². The van der Waals surface area contributed by atoms with Crippen LogP contribution in [0.3, 0.4) is 0 Å². The summed E-state index contributed by atoms with van der Waals surface area (Å²) in [7, 11) is 0. The van der Waals surface area contributed by atoms with Crippen molar-refractivity contribution in [2.75, 3.05) is 49.1 Å². The van der Waals surface area contributed by atoms with E-state index in [1.54, 1.807) is 4.90 Å². The number of fused-ring (bicyclic) bond motifs is 2. The highest BCUT2D eigenvalue weighted by atomic mass is 16.6. The van der Waals surface area contributed by atoms with Crippen molar-refractivity contribution in [2.24, 2.45) is 0 Å². The number of benzene rings is 2. The van der Waals surface area contributed by atoms with Crippen molar-refractivity contribution < 1.29 is 14.3 Å². The molecule has 0 N–H and O–H groups in total. The molecule has 2 saturated heterocycles. The quantitative estimate of drug-likeness (QED) is 0.244. The van der Waals surface area contributed by atoms with Gasteiger partial charge in [-0.15, -0.1) is 0 Å². The fraction of sp³-hybridized carbons (Fsp3) is 0.526. The molecule has 2 fully saturated rings. The molecule has 5 heterocycles. The summed E-state index contributed by atoms with van der Waals surface area (Å²) < 4.78 is 15.7. The number of carbonyl (C=O) groups excluding carboxylic acids is 1. The van der Waals surface area contributed by atoms with Crippen molar-refractivity contribution in [1.29, 1.82) is 0 Å². The van der Waals surface area contributed by atoms with Crippen molar-refractivity contribution in [3.8, 4) is 5.69 Å². The lowest BCUT2D eigenvalue weighted by molar-refractivity contribution is -0.0366. The minimum atomic E-state index is -0.553. The van der Waals surface area contributed by atoms with E-state index in [0.29, 0.717) is 32.7 Å². The van der Waals surface area contributed by atoms with Gasteiger partial charge in [-0.3, -0.25) is 4.57 Å². The predicted octanol–water partition coefficient (Wildman–Crippen LogP) is 6.33. The number of anilines is 2. The van der Waals surface area contributed by atoms with Crippen LogP contribution in [0.25, 0.3) is 16.6 Å². The number of ether oxygens (including phenoxy) is 2. The maximum absolute atomic E-state index is 14.3. The van der Waals surface area contributed by atoms with Crippen molar-refractivity contribution in [3.05, 3.63) is 75.5 Å². The van der Waals surface area contributed by atoms with Gasteiger partial charge < -0.3 is 24.2 Å². The lowest BCUT2D eigenvalue weighted by Crippen LogP contribution is -2.51. The molecule has 2 aromatic heterocycles. The fourth-order valence-electron chi connectivity index (χ4n) is 7.61. The molecule has 1 atom stereocenters. The van der Waals surface area contributed by atoms with Crippen molar-refractivity contribution in [2.45, 2.75) is 91.5 Å². The zero-order valence-corrected chi connectivity index (χ0v) is 29.7. The summed E-state index contributed by atoms with van der Waals surface area (Å²) in [5.41, 5.74) is 6.59. The summed E-state index contributed by atoms with van der Waals surface area (Å²) in [6.45, 7) is 16.4. The van der Waals surface area contributed by atoms with E-state index in [0.717, 1.165) is 83.8 Å². The minimum Gasteiger partial charge on any atom is -0.444 e. The number of hydrogen-bond donors (Lipinski definition) is 0. The first-order chi connectivity index (χ1) is 23.5. The van der Waals surface area contributed by atoms with Gasteiger partial charge in [-0.25, -0.2) is 14.3 Å². The normalized spacial score (nSPS) is 18.7. The fourth-order valence-corrected chi connectivity index (χ4v) is 7.61. The zero-order valence-electron chi connectivity index (χ0n) is 29.7. The highest BCUT2D eigenvalue weighted by Crippen LogP contribution is 2.38. The Morgan fingerprint density at radius 3 is 2.49 bits per heavy atom. The van der Waals surface area contributed by atoms with Gasteiger partial charge >= 0.3 is 11.8 Å². The molecule has 2 aromatic carbocycles. The summed E-state index contributed by atoms with van der Waals surface area (Å²) in [6.07, 6.45) is 5.53. The molecule has 7 rings (SSSR count). The van der Waals surface area contributed by atoms with Gasteiger partial charge in [0.15, 0.2) is 6.23 Å². The van der Waals surface area contributed by atoms with Crippen LogP contribution in [0.15, 0.2) is 47.4 Å². The molecule has 3 aliphatic rings. The summed E-state index contributed by atoms with van der Waals surface area (Å²) >= 11 is 0. The number of carbonyl (C=O) groups is 1. The number of aryl methyl sites for hydroxylation is 1. The molecule has 11 heteroatoms. The summed E-state index contributed by atoms with van der Waals surface area (Å²) in [4.78, 5) is 38.2. The SMILES string of the molecule is Cc1ccc2c(cnn2C2CCCCO2)c1N1CCc2c(N3CCN(C(=O)OC(C)(C)C)CC3)nc(=O)n(-c3ccccc3C(C)C)c2C1. The van der Waals surface area contributed by atoms with Crippen LogP contribution in [0.4, 0.5) is 16.3 Å². The molecule has 260 valence electrons. The smallest absolute Gasteiger partial charge is 0.410 e. The second-order valence-electron chi connectivity index (χ2n) is 14.9. The van der Waals surface area contributed by atoms with Gasteiger partial charge in [0, 0.05) is 50.3 Å². The van der Waals surface area contributed by atoms with Crippen molar-refractivity contribution in [3.63, 3.8) is 0 Å². The van der Waals surface area contributed by atoms with Crippen LogP contribution in [0.2, 0.25) is 0 Å².